The number of carbonyl (C=O) groups is 2. The van der Waals surface area contributed by atoms with Gasteiger partial charge < -0.3 is 0 Å². The summed E-state index contributed by atoms with van der Waals surface area (Å²) in [4.78, 5) is 23.7. The number of hydrogen-bond acceptors (Lipinski definition) is 2. The fraction of sp³-hybridized carbons (Fsp3) is 0.500. The van der Waals surface area contributed by atoms with Crippen LogP contribution in [0.25, 0.3) is 0 Å². The molecule has 1 aromatic carbocycles. The SMILES string of the molecule is O=C(CCC1CCCCC1=O)c1cccc(C(F)(F)F)c1. The minimum absolute atomic E-state index is 0.0630. The molecule has 1 fully saturated rings. The number of carbonyl (C=O) groups excluding carboxylic acids is 2. The Morgan fingerprint density at radius 1 is 1.24 bits per heavy atom. The maximum Gasteiger partial charge on any atom is 0.416 e. The summed E-state index contributed by atoms with van der Waals surface area (Å²) in [6, 6.07) is 4.45. The molecule has 1 aliphatic carbocycles. The molecule has 0 aliphatic heterocycles. The predicted octanol–water partition coefficient (Wildman–Crippen LogP) is 4.43. The molecular weight excluding hydrogens is 281 g/mol. The van der Waals surface area contributed by atoms with Gasteiger partial charge in [-0.15, -0.1) is 0 Å². The Labute approximate surface area is 121 Å². The lowest BCUT2D eigenvalue weighted by Gasteiger charge is -2.19. The van der Waals surface area contributed by atoms with E-state index in [1.807, 2.05) is 0 Å². The maximum absolute atomic E-state index is 12.6. The molecule has 2 rings (SSSR count). The predicted molar refractivity (Wildman–Crippen MR) is 72.0 cm³/mol. The van der Waals surface area contributed by atoms with Gasteiger partial charge >= 0.3 is 6.18 Å². The van der Waals surface area contributed by atoms with Crippen LogP contribution in [0.15, 0.2) is 24.3 Å². The molecule has 0 saturated heterocycles. The summed E-state index contributed by atoms with van der Waals surface area (Å²) in [7, 11) is 0. The molecule has 1 saturated carbocycles. The van der Waals surface area contributed by atoms with E-state index in [4.69, 9.17) is 0 Å². The second-order valence-corrected chi connectivity index (χ2v) is 5.45. The van der Waals surface area contributed by atoms with Crippen molar-refractivity contribution in [3.63, 3.8) is 0 Å². The Morgan fingerprint density at radius 3 is 2.67 bits per heavy atom. The van der Waals surface area contributed by atoms with E-state index in [0.29, 0.717) is 12.8 Å². The van der Waals surface area contributed by atoms with Crippen LogP contribution in [0.5, 0.6) is 0 Å². The van der Waals surface area contributed by atoms with Crippen molar-refractivity contribution in [3.8, 4) is 0 Å². The lowest BCUT2D eigenvalue weighted by atomic mass is 9.84. The lowest BCUT2D eigenvalue weighted by Crippen LogP contribution is -2.20. The number of rotatable bonds is 4. The van der Waals surface area contributed by atoms with Gasteiger partial charge in [0.25, 0.3) is 0 Å². The van der Waals surface area contributed by atoms with E-state index in [1.165, 1.54) is 12.1 Å². The van der Waals surface area contributed by atoms with E-state index in [1.54, 1.807) is 0 Å². The van der Waals surface area contributed by atoms with Crippen LogP contribution in [0.1, 0.15) is 54.4 Å². The molecule has 114 valence electrons. The highest BCUT2D eigenvalue weighted by atomic mass is 19.4. The van der Waals surface area contributed by atoms with Gasteiger partial charge in [0.15, 0.2) is 5.78 Å². The van der Waals surface area contributed by atoms with Gasteiger partial charge in [0.05, 0.1) is 5.56 Å². The molecule has 0 heterocycles. The fourth-order valence-corrected chi connectivity index (χ4v) is 2.68. The Kier molecular flexibility index (Phi) is 4.80. The largest absolute Gasteiger partial charge is 0.416 e. The molecule has 2 nitrogen and oxygen atoms in total. The van der Waals surface area contributed by atoms with Crippen LogP contribution >= 0.6 is 0 Å². The molecule has 0 bridgehead atoms. The third-order valence-electron chi connectivity index (χ3n) is 3.91. The Morgan fingerprint density at radius 2 is 2.00 bits per heavy atom. The van der Waals surface area contributed by atoms with Crippen molar-refractivity contribution in [2.45, 2.75) is 44.7 Å². The highest BCUT2D eigenvalue weighted by Gasteiger charge is 2.31. The molecule has 0 radical (unpaired) electrons. The monoisotopic (exact) mass is 298 g/mol. The van der Waals surface area contributed by atoms with E-state index >= 15 is 0 Å². The van der Waals surface area contributed by atoms with Crippen LogP contribution in [-0.4, -0.2) is 11.6 Å². The first-order valence-corrected chi connectivity index (χ1v) is 7.11. The van der Waals surface area contributed by atoms with Crippen molar-refractivity contribution in [3.05, 3.63) is 35.4 Å². The first-order valence-electron chi connectivity index (χ1n) is 7.11. The van der Waals surface area contributed by atoms with Gasteiger partial charge in [-0.2, -0.15) is 13.2 Å². The van der Waals surface area contributed by atoms with Crippen molar-refractivity contribution in [2.24, 2.45) is 5.92 Å². The fourth-order valence-electron chi connectivity index (χ4n) is 2.68. The zero-order valence-electron chi connectivity index (χ0n) is 11.6. The average molecular weight is 298 g/mol. The molecule has 0 N–H and O–H groups in total. The summed E-state index contributed by atoms with van der Waals surface area (Å²) in [5.74, 6) is -0.258. The smallest absolute Gasteiger partial charge is 0.299 e. The standard InChI is InChI=1S/C16H17F3O2/c17-16(18,19)13-6-3-5-12(10-13)15(21)9-8-11-4-1-2-7-14(11)20/h3,5-6,10-11H,1-2,4,7-9H2. The maximum atomic E-state index is 12.6. The summed E-state index contributed by atoms with van der Waals surface area (Å²) in [6.45, 7) is 0. The van der Waals surface area contributed by atoms with Crippen LogP contribution in [0.3, 0.4) is 0 Å². The highest BCUT2D eigenvalue weighted by Crippen LogP contribution is 2.30. The van der Waals surface area contributed by atoms with Crippen LogP contribution in [0, 0.1) is 5.92 Å². The molecular formula is C16H17F3O2. The third kappa shape index (κ3) is 4.16. The van der Waals surface area contributed by atoms with Crippen molar-refractivity contribution in [2.75, 3.05) is 0 Å². The molecule has 1 aliphatic rings. The molecule has 1 unspecified atom stereocenters. The molecule has 1 aromatic rings. The summed E-state index contributed by atoms with van der Waals surface area (Å²) in [6.07, 6.45) is -0.663. The van der Waals surface area contributed by atoms with Gasteiger partial charge in [-0.3, -0.25) is 9.59 Å². The molecule has 21 heavy (non-hydrogen) atoms. The lowest BCUT2D eigenvalue weighted by molar-refractivity contribution is -0.137. The Hall–Kier alpha value is -1.65. The second kappa shape index (κ2) is 6.41. The van der Waals surface area contributed by atoms with Gasteiger partial charge in [-0.25, -0.2) is 0 Å². The number of hydrogen-bond donors (Lipinski definition) is 0. The Bertz CT molecular complexity index is 535. The Balaban J connectivity index is 1.99. The summed E-state index contributed by atoms with van der Waals surface area (Å²) >= 11 is 0. The van der Waals surface area contributed by atoms with Gasteiger partial charge in [0.2, 0.25) is 0 Å². The number of benzene rings is 1. The van der Waals surface area contributed by atoms with Crippen molar-refractivity contribution in [1.29, 1.82) is 0 Å². The number of alkyl halides is 3. The second-order valence-electron chi connectivity index (χ2n) is 5.45. The van der Waals surface area contributed by atoms with Gasteiger partial charge in [-0.05, 0) is 31.4 Å². The quantitative estimate of drug-likeness (QED) is 0.771. The first-order chi connectivity index (χ1) is 9.88. The van der Waals surface area contributed by atoms with Crippen molar-refractivity contribution in [1.82, 2.24) is 0 Å². The average Bonchev–Trinajstić information content (AvgIpc) is 2.45. The van der Waals surface area contributed by atoms with E-state index in [2.05, 4.69) is 0 Å². The minimum Gasteiger partial charge on any atom is -0.299 e. The normalized spacial score (nSPS) is 19.6. The number of ketones is 2. The topological polar surface area (TPSA) is 34.1 Å². The van der Waals surface area contributed by atoms with Crippen LogP contribution in [0.4, 0.5) is 13.2 Å². The van der Waals surface area contributed by atoms with E-state index in [9.17, 15) is 22.8 Å². The van der Waals surface area contributed by atoms with Crippen LogP contribution in [-0.2, 0) is 11.0 Å². The summed E-state index contributed by atoms with van der Waals surface area (Å²) in [5.41, 5.74) is -0.754. The van der Waals surface area contributed by atoms with Gasteiger partial charge in [0, 0.05) is 24.3 Å². The van der Waals surface area contributed by atoms with Crippen LogP contribution < -0.4 is 0 Å². The first kappa shape index (κ1) is 15.7. The van der Waals surface area contributed by atoms with E-state index in [0.717, 1.165) is 31.4 Å². The van der Waals surface area contributed by atoms with Crippen molar-refractivity contribution < 1.29 is 22.8 Å². The summed E-state index contributed by atoms with van der Waals surface area (Å²) < 4.78 is 37.8. The van der Waals surface area contributed by atoms with Gasteiger partial charge in [0.1, 0.15) is 5.78 Å². The molecule has 5 heteroatoms. The molecule has 0 aromatic heterocycles. The zero-order valence-corrected chi connectivity index (χ0v) is 11.6. The van der Waals surface area contributed by atoms with Gasteiger partial charge in [-0.1, -0.05) is 18.6 Å². The minimum atomic E-state index is -4.45. The number of Topliss-reactive ketones (excluding diaryl/α,β-unsaturated/α-hetero) is 2. The highest BCUT2D eigenvalue weighted by molar-refractivity contribution is 5.96. The number of halogens is 3. The van der Waals surface area contributed by atoms with Crippen LogP contribution in [0.2, 0.25) is 0 Å². The van der Waals surface area contributed by atoms with E-state index < -0.39 is 11.7 Å². The molecule has 0 spiro atoms. The van der Waals surface area contributed by atoms with Crippen molar-refractivity contribution >= 4 is 11.6 Å². The zero-order chi connectivity index (χ0) is 15.5. The summed E-state index contributed by atoms with van der Waals surface area (Å²) in [5, 5.41) is 0. The molecule has 1 atom stereocenters. The van der Waals surface area contributed by atoms with E-state index in [-0.39, 0.29) is 29.5 Å². The molecule has 0 amide bonds. The third-order valence-corrected chi connectivity index (χ3v) is 3.91.